The van der Waals surface area contributed by atoms with E-state index in [9.17, 15) is 4.79 Å². The predicted molar refractivity (Wildman–Crippen MR) is 79.9 cm³/mol. The van der Waals surface area contributed by atoms with Crippen LogP contribution in [-0.4, -0.2) is 25.6 Å². The molecule has 0 aliphatic rings. The number of carbonyl (C=O) groups excluding carboxylic acids is 1. The minimum Gasteiger partial charge on any atom is -0.360 e. The van der Waals surface area contributed by atoms with Gasteiger partial charge in [0.1, 0.15) is 11.6 Å². The third-order valence-corrected chi connectivity index (χ3v) is 3.13. The fourth-order valence-electron chi connectivity index (χ4n) is 2.10. The van der Waals surface area contributed by atoms with Crippen molar-refractivity contribution in [2.45, 2.75) is 19.9 Å². The quantitative estimate of drug-likeness (QED) is 0.780. The van der Waals surface area contributed by atoms with Gasteiger partial charge in [0.25, 0.3) is 0 Å². The van der Waals surface area contributed by atoms with Crippen LogP contribution in [0.1, 0.15) is 12.2 Å². The standard InChI is InChI=1S/C15H15N5O2/c1-11-10-13(19-22-11)18-14(21)4-8-20-9-7-17-15(20)12-2-5-16-6-3-12/h2-3,5-7,9-10H,4,8H2,1H3,(H,18,19,21). The van der Waals surface area contributed by atoms with Crippen molar-refractivity contribution < 1.29 is 9.32 Å². The van der Waals surface area contributed by atoms with E-state index in [0.717, 1.165) is 11.4 Å². The highest BCUT2D eigenvalue weighted by Crippen LogP contribution is 2.16. The maximum atomic E-state index is 11.9. The highest BCUT2D eigenvalue weighted by Gasteiger charge is 2.09. The Morgan fingerprint density at radius 1 is 1.32 bits per heavy atom. The van der Waals surface area contributed by atoms with E-state index < -0.39 is 0 Å². The molecule has 3 heterocycles. The second kappa shape index (κ2) is 6.21. The average Bonchev–Trinajstić information content (AvgIpc) is 3.15. The van der Waals surface area contributed by atoms with Crippen molar-refractivity contribution in [2.75, 3.05) is 5.32 Å². The smallest absolute Gasteiger partial charge is 0.227 e. The predicted octanol–water partition coefficient (Wildman–Crippen LogP) is 2.27. The molecule has 112 valence electrons. The fourth-order valence-corrected chi connectivity index (χ4v) is 2.10. The molecular formula is C15H15N5O2. The van der Waals surface area contributed by atoms with Gasteiger partial charge in [0.15, 0.2) is 5.82 Å². The Balaban J connectivity index is 1.63. The Labute approximate surface area is 127 Å². The molecule has 0 saturated carbocycles. The zero-order chi connectivity index (χ0) is 15.4. The summed E-state index contributed by atoms with van der Waals surface area (Å²) in [6.07, 6.45) is 7.32. The van der Waals surface area contributed by atoms with Crippen LogP contribution in [0.3, 0.4) is 0 Å². The molecule has 7 nitrogen and oxygen atoms in total. The summed E-state index contributed by atoms with van der Waals surface area (Å²) in [5.41, 5.74) is 0.965. The van der Waals surface area contributed by atoms with Crippen molar-refractivity contribution in [3.8, 4) is 11.4 Å². The highest BCUT2D eigenvalue weighted by atomic mass is 16.5. The summed E-state index contributed by atoms with van der Waals surface area (Å²) in [5, 5.41) is 6.43. The molecule has 0 unspecified atom stereocenters. The van der Waals surface area contributed by atoms with Crippen LogP contribution in [0.25, 0.3) is 11.4 Å². The number of amides is 1. The minimum absolute atomic E-state index is 0.123. The van der Waals surface area contributed by atoms with Gasteiger partial charge < -0.3 is 14.4 Å². The Kier molecular flexibility index (Phi) is 3.95. The molecule has 0 aliphatic heterocycles. The number of carbonyl (C=O) groups is 1. The van der Waals surface area contributed by atoms with Crippen molar-refractivity contribution in [1.82, 2.24) is 19.7 Å². The molecule has 1 amide bonds. The molecule has 1 N–H and O–H groups in total. The molecule has 3 aromatic heterocycles. The van der Waals surface area contributed by atoms with Crippen molar-refractivity contribution in [2.24, 2.45) is 0 Å². The lowest BCUT2D eigenvalue weighted by atomic mass is 10.2. The van der Waals surface area contributed by atoms with E-state index in [1.54, 1.807) is 31.6 Å². The molecule has 0 saturated heterocycles. The monoisotopic (exact) mass is 297 g/mol. The summed E-state index contributed by atoms with van der Waals surface area (Å²) in [6.45, 7) is 2.30. The van der Waals surface area contributed by atoms with Crippen molar-refractivity contribution in [3.05, 3.63) is 48.7 Å². The van der Waals surface area contributed by atoms with Gasteiger partial charge in [0, 0.05) is 49.4 Å². The topological polar surface area (TPSA) is 85.8 Å². The molecule has 22 heavy (non-hydrogen) atoms. The molecule has 0 fully saturated rings. The van der Waals surface area contributed by atoms with E-state index in [1.807, 2.05) is 22.9 Å². The third-order valence-electron chi connectivity index (χ3n) is 3.13. The average molecular weight is 297 g/mol. The Morgan fingerprint density at radius 3 is 2.86 bits per heavy atom. The number of nitrogens with one attached hydrogen (secondary N) is 1. The number of hydrogen-bond donors (Lipinski definition) is 1. The van der Waals surface area contributed by atoms with Crippen LogP contribution in [-0.2, 0) is 11.3 Å². The van der Waals surface area contributed by atoms with Crippen molar-refractivity contribution >= 4 is 11.7 Å². The Hall–Kier alpha value is -2.96. The first-order valence-electron chi connectivity index (χ1n) is 6.87. The fraction of sp³-hybridized carbons (Fsp3) is 0.200. The van der Waals surface area contributed by atoms with Crippen LogP contribution >= 0.6 is 0 Å². The summed E-state index contributed by atoms with van der Waals surface area (Å²) >= 11 is 0. The number of nitrogens with zero attached hydrogens (tertiary/aromatic N) is 4. The second-order valence-corrected chi connectivity index (χ2v) is 4.80. The molecule has 0 spiro atoms. The lowest BCUT2D eigenvalue weighted by molar-refractivity contribution is -0.116. The van der Waals surface area contributed by atoms with Crippen LogP contribution < -0.4 is 5.32 Å². The van der Waals surface area contributed by atoms with Gasteiger partial charge in [-0.1, -0.05) is 5.16 Å². The van der Waals surface area contributed by atoms with Crippen LogP contribution in [0.15, 0.2) is 47.5 Å². The zero-order valence-electron chi connectivity index (χ0n) is 12.1. The second-order valence-electron chi connectivity index (χ2n) is 4.80. The van der Waals surface area contributed by atoms with Gasteiger partial charge in [-0.15, -0.1) is 0 Å². The third kappa shape index (κ3) is 3.20. The summed E-state index contributed by atoms with van der Waals surface area (Å²) in [4.78, 5) is 20.2. The van der Waals surface area contributed by atoms with Gasteiger partial charge in [-0.2, -0.15) is 0 Å². The first kappa shape index (κ1) is 14.0. The van der Waals surface area contributed by atoms with Gasteiger partial charge in [-0.3, -0.25) is 9.78 Å². The van der Waals surface area contributed by atoms with Crippen molar-refractivity contribution in [3.63, 3.8) is 0 Å². The number of imidazole rings is 1. The molecular weight excluding hydrogens is 282 g/mol. The first-order valence-corrected chi connectivity index (χ1v) is 6.87. The van der Waals surface area contributed by atoms with Gasteiger partial charge >= 0.3 is 0 Å². The van der Waals surface area contributed by atoms with Gasteiger partial charge in [-0.05, 0) is 19.1 Å². The summed E-state index contributed by atoms with van der Waals surface area (Å²) in [7, 11) is 0. The molecule has 3 aromatic rings. The lowest BCUT2D eigenvalue weighted by Crippen LogP contribution is -2.14. The molecule has 0 radical (unpaired) electrons. The van der Waals surface area contributed by atoms with Crippen LogP contribution in [0.5, 0.6) is 0 Å². The number of aryl methyl sites for hydroxylation is 2. The van der Waals surface area contributed by atoms with Crippen LogP contribution in [0.4, 0.5) is 5.82 Å². The maximum Gasteiger partial charge on any atom is 0.227 e. The van der Waals surface area contributed by atoms with E-state index in [-0.39, 0.29) is 5.91 Å². The number of anilines is 1. The molecule has 7 heteroatoms. The molecule has 0 atom stereocenters. The Morgan fingerprint density at radius 2 is 2.14 bits per heavy atom. The van der Waals surface area contributed by atoms with Crippen LogP contribution in [0, 0.1) is 6.92 Å². The normalized spacial score (nSPS) is 10.6. The zero-order valence-corrected chi connectivity index (χ0v) is 12.1. The minimum atomic E-state index is -0.123. The van der Waals surface area contributed by atoms with E-state index in [1.165, 1.54) is 0 Å². The summed E-state index contributed by atoms with van der Waals surface area (Å²) in [5.74, 6) is 1.78. The molecule has 0 aliphatic carbocycles. The highest BCUT2D eigenvalue weighted by molar-refractivity contribution is 5.89. The van der Waals surface area contributed by atoms with Gasteiger partial charge in [0.2, 0.25) is 5.91 Å². The number of hydrogen-bond acceptors (Lipinski definition) is 5. The van der Waals surface area contributed by atoms with E-state index in [2.05, 4.69) is 20.4 Å². The van der Waals surface area contributed by atoms with E-state index in [0.29, 0.717) is 24.5 Å². The summed E-state index contributed by atoms with van der Waals surface area (Å²) < 4.78 is 6.84. The molecule has 0 aromatic carbocycles. The molecule has 0 bridgehead atoms. The lowest BCUT2D eigenvalue weighted by Gasteiger charge is -2.07. The van der Waals surface area contributed by atoms with E-state index >= 15 is 0 Å². The SMILES string of the molecule is Cc1cc(NC(=O)CCn2ccnc2-c2ccncc2)no1. The molecule has 3 rings (SSSR count). The van der Waals surface area contributed by atoms with Crippen LogP contribution in [0.2, 0.25) is 0 Å². The van der Waals surface area contributed by atoms with Gasteiger partial charge in [0.05, 0.1) is 0 Å². The number of pyridine rings is 1. The first-order chi connectivity index (χ1) is 10.7. The number of rotatable bonds is 5. The number of aromatic nitrogens is 4. The maximum absolute atomic E-state index is 11.9. The largest absolute Gasteiger partial charge is 0.360 e. The van der Waals surface area contributed by atoms with Gasteiger partial charge in [-0.25, -0.2) is 4.98 Å². The van der Waals surface area contributed by atoms with Crippen molar-refractivity contribution in [1.29, 1.82) is 0 Å². The Bertz CT molecular complexity index is 763. The van der Waals surface area contributed by atoms with E-state index in [4.69, 9.17) is 4.52 Å². The summed E-state index contributed by atoms with van der Waals surface area (Å²) in [6, 6.07) is 5.45.